The van der Waals surface area contributed by atoms with Gasteiger partial charge < -0.3 is 29.9 Å². The van der Waals surface area contributed by atoms with Gasteiger partial charge in [-0.05, 0) is 66.0 Å². The van der Waals surface area contributed by atoms with Crippen molar-refractivity contribution in [1.82, 2.24) is 0 Å². The van der Waals surface area contributed by atoms with E-state index in [9.17, 15) is 20.4 Å². The van der Waals surface area contributed by atoms with Crippen LogP contribution in [0.2, 0.25) is 5.02 Å². The number of ether oxygens (including phenoxy) is 2. The third kappa shape index (κ3) is 4.85. The molecule has 2 aliphatic carbocycles. The lowest BCUT2D eigenvalue weighted by molar-refractivity contribution is -0.231. The van der Waals surface area contributed by atoms with E-state index in [0.717, 1.165) is 28.7 Å². The van der Waals surface area contributed by atoms with Crippen LogP contribution in [0.25, 0.3) is 0 Å². The van der Waals surface area contributed by atoms with E-state index >= 15 is 0 Å². The molecule has 0 spiro atoms. The standard InChI is InChI=1S/C27H33ClO6/c28-22-9-6-18(27-26(32)25(31)24(30)23(14-29)34-27)11-19(22)10-15-4-7-20(8-5-15)33-21-12-16-2-1-3-17(16)13-21/h4-9,11,16-17,21,23-27,29-32H,1-3,10,12-14H2/t16?,17?,21?,23-,24-,25+,26-,27?/m1/s1. The molecule has 1 heterocycles. The molecule has 3 aliphatic rings. The summed E-state index contributed by atoms with van der Waals surface area (Å²) >= 11 is 6.46. The van der Waals surface area contributed by atoms with Gasteiger partial charge in [0.25, 0.3) is 0 Å². The van der Waals surface area contributed by atoms with Gasteiger partial charge in [0.05, 0.1) is 12.7 Å². The average molecular weight is 489 g/mol. The van der Waals surface area contributed by atoms with Crippen molar-refractivity contribution >= 4 is 11.6 Å². The molecule has 7 atom stereocenters. The predicted molar refractivity (Wildman–Crippen MR) is 128 cm³/mol. The van der Waals surface area contributed by atoms with Gasteiger partial charge >= 0.3 is 0 Å². The van der Waals surface area contributed by atoms with Crippen LogP contribution in [0.5, 0.6) is 5.75 Å². The highest BCUT2D eigenvalue weighted by molar-refractivity contribution is 6.31. The molecular weight excluding hydrogens is 456 g/mol. The minimum Gasteiger partial charge on any atom is -0.490 e. The molecule has 1 aliphatic heterocycles. The molecule has 5 rings (SSSR count). The third-order valence-corrected chi connectivity index (χ3v) is 8.23. The zero-order valence-corrected chi connectivity index (χ0v) is 19.8. The number of rotatable bonds is 6. The molecule has 0 amide bonds. The van der Waals surface area contributed by atoms with Crippen LogP contribution >= 0.6 is 11.6 Å². The first-order valence-corrected chi connectivity index (χ1v) is 12.6. The van der Waals surface area contributed by atoms with Crippen molar-refractivity contribution in [3.05, 3.63) is 64.2 Å². The Kier molecular flexibility index (Phi) is 7.17. The normalized spacial score (nSPS) is 35.3. The van der Waals surface area contributed by atoms with Crippen LogP contribution in [0.4, 0.5) is 0 Å². The first kappa shape index (κ1) is 24.0. The molecule has 2 aromatic rings. The van der Waals surface area contributed by atoms with Crippen LogP contribution < -0.4 is 4.74 Å². The second-order valence-electron chi connectivity index (χ2n) is 10.1. The van der Waals surface area contributed by atoms with Gasteiger partial charge in [-0.2, -0.15) is 0 Å². The zero-order chi connectivity index (χ0) is 23.8. The Bertz CT molecular complexity index is 968. The van der Waals surface area contributed by atoms with Gasteiger partial charge in [0.15, 0.2) is 0 Å². The summed E-state index contributed by atoms with van der Waals surface area (Å²) in [7, 11) is 0. The number of hydrogen-bond acceptors (Lipinski definition) is 6. The molecule has 3 unspecified atom stereocenters. The molecule has 2 saturated carbocycles. The quantitative estimate of drug-likeness (QED) is 0.497. The maximum atomic E-state index is 10.5. The van der Waals surface area contributed by atoms with Crippen LogP contribution in [-0.2, 0) is 11.2 Å². The summed E-state index contributed by atoms with van der Waals surface area (Å²) in [6.45, 7) is -0.460. The van der Waals surface area contributed by atoms with Crippen LogP contribution in [-0.4, -0.2) is 57.6 Å². The fourth-order valence-electron chi connectivity index (χ4n) is 5.98. The third-order valence-electron chi connectivity index (χ3n) is 7.86. The Morgan fingerprint density at radius 3 is 2.29 bits per heavy atom. The molecule has 7 heteroatoms. The number of aliphatic hydroxyl groups is 4. The van der Waals surface area contributed by atoms with Gasteiger partial charge in [-0.15, -0.1) is 0 Å². The predicted octanol–water partition coefficient (Wildman–Crippen LogP) is 3.40. The molecule has 1 saturated heterocycles. The number of halogens is 1. The summed E-state index contributed by atoms with van der Waals surface area (Å²) in [5.74, 6) is 2.60. The monoisotopic (exact) mass is 488 g/mol. The number of aliphatic hydroxyl groups excluding tert-OH is 4. The molecule has 2 aromatic carbocycles. The van der Waals surface area contributed by atoms with E-state index in [1.54, 1.807) is 12.1 Å². The van der Waals surface area contributed by atoms with Crippen molar-refractivity contribution in [1.29, 1.82) is 0 Å². The summed E-state index contributed by atoms with van der Waals surface area (Å²) in [6, 6.07) is 13.4. The highest BCUT2D eigenvalue weighted by Crippen LogP contribution is 2.45. The molecule has 6 nitrogen and oxygen atoms in total. The van der Waals surface area contributed by atoms with E-state index in [1.807, 2.05) is 30.3 Å². The van der Waals surface area contributed by atoms with Crippen molar-refractivity contribution in [3.63, 3.8) is 0 Å². The first-order chi connectivity index (χ1) is 16.4. The number of fused-ring (bicyclic) bond motifs is 1. The molecule has 4 N–H and O–H groups in total. The van der Waals surface area contributed by atoms with E-state index in [4.69, 9.17) is 21.1 Å². The summed E-state index contributed by atoms with van der Waals surface area (Å²) in [4.78, 5) is 0. The van der Waals surface area contributed by atoms with Crippen molar-refractivity contribution in [3.8, 4) is 5.75 Å². The van der Waals surface area contributed by atoms with E-state index in [0.29, 0.717) is 23.1 Å². The lowest BCUT2D eigenvalue weighted by atomic mass is 9.90. The summed E-state index contributed by atoms with van der Waals surface area (Å²) in [5.41, 5.74) is 2.56. The van der Waals surface area contributed by atoms with Crippen LogP contribution in [0.3, 0.4) is 0 Å². The van der Waals surface area contributed by atoms with Gasteiger partial charge in [0.1, 0.15) is 36.3 Å². The second-order valence-corrected chi connectivity index (χ2v) is 10.5. The number of hydrogen-bond donors (Lipinski definition) is 4. The zero-order valence-electron chi connectivity index (χ0n) is 19.1. The van der Waals surface area contributed by atoms with Crippen LogP contribution in [0, 0.1) is 11.8 Å². The summed E-state index contributed by atoms with van der Waals surface area (Å²) in [5, 5.41) is 40.7. The van der Waals surface area contributed by atoms with Gasteiger partial charge in [-0.25, -0.2) is 0 Å². The first-order valence-electron chi connectivity index (χ1n) is 12.3. The molecule has 3 fully saturated rings. The average Bonchev–Trinajstić information content (AvgIpc) is 3.42. The highest BCUT2D eigenvalue weighted by Gasteiger charge is 2.44. The maximum Gasteiger partial charge on any atom is 0.119 e. The fourth-order valence-corrected chi connectivity index (χ4v) is 6.17. The van der Waals surface area contributed by atoms with E-state index < -0.39 is 37.1 Å². The SMILES string of the molecule is OC[C@H]1OC(c2ccc(Cl)c(Cc3ccc(OC4CC5CCCC5C4)cc3)c2)[C@H](O)[C@@H](O)[C@@H]1O. The maximum absolute atomic E-state index is 10.5. The molecule has 0 radical (unpaired) electrons. The smallest absolute Gasteiger partial charge is 0.119 e. The molecule has 34 heavy (non-hydrogen) atoms. The van der Waals surface area contributed by atoms with Gasteiger partial charge in [-0.3, -0.25) is 0 Å². The molecular formula is C27H33ClO6. The topological polar surface area (TPSA) is 99.4 Å². The Morgan fingerprint density at radius 1 is 0.912 bits per heavy atom. The van der Waals surface area contributed by atoms with Gasteiger partial charge in [0, 0.05) is 5.02 Å². The highest BCUT2D eigenvalue weighted by atomic mass is 35.5. The van der Waals surface area contributed by atoms with Gasteiger partial charge in [0.2, 0.25) is 0 Å². The van der Waals surface area contributed by atoms with Crippen molar-refractivity contribution in [2.45, 2.75) is 75.1 Å². The summed E-state index contributed by atoms with van der Waals surface area (Å²) in [6.07, 6.45) is 1.38. The Labute approximate surface area is 205 Å². The summed E-state index contributed by atoms with van der Waals surface area (Å²) < 4.78 is 12.0. The van der Waals surface area contributed by atoms with Crippen molar-refractivity contribution < 1.29 is 29.9 Å². The largest absolute Gasteiger partial charge is 0.490 e. The van der Waals surface area contributed by atoms with Gasteiger partial charge in [-0.1, -0.05) is 55.1 Å². The Hall–Kier alpha value is -1.67. The Morgan fingerprint density at radius 2 is 1.62 bits per heavy atom. The van der Waals surface area contributed by atoms with E-state index in [-0.39, 0.29) is 0 Å². The molecule has 0 aromatic heterocycles. The lowest BCUT2D eigenvalue weighted by Gasteiger charge is -2.40. The minimum absolute atomic E-state index is 0.325. The molecule has 0 bridgehead atoms. The van der Waals surface area contributed by atoms with Crippen LogP contribution in [0.1, 0.15) is 54.9 Å². The Balaban J connectivity index is 1.26. The van der Waals surface area contributed by atoms with E-state index in [2.05, 4.69) is 0 Å². The molecule has 184 valence electrons. The fraction of sp³-hybridized carbons (Fsp3) is 0.556. The van der Waals surface area contributed by atoms with Crippen LogP contribution in [0.15, 0.2) is 42.5 Å². The van der Waals surface area contributed by atoms with E-state index in [1.165, 1.54) is 32.1 Å². The lowest BCUT2D eigenvalue weighted by Crippen LogP contribution is -2.55. The van der Waals surface area contributed by atoms with Crippen molar-refractivity contribution in [2.75, 3.05) is 6.61 Å². The minimum atomic E-state index is -1.41. The number of benzene rings is 2. The second kappa shape index (κ2) is 10.1. The van der Waals surface area contributed by atoms with Crippen molar-refractivity contribution in [2.24, 2.45) is 11.8 Å².